The molecule has 1 aliphatic rings. The quantitative estimate of drug-likeness (QED) is 0.711. The predicted octanol–water partition coefficient (Wildman–Crippen LogP) is 5.63. The molecule has 1 heteroatoms. The standard InChI is InChI=1S/C22H23N/c1-14-9-11-18(13-14)20-7-5-6-8-21(20)22(23)19-12-10-15(2)16(3)17(19)4/h5-13,18,23H,1-4H3. The van der Waals surface area contributed by atoms with E-state index in [1.54, 1.807) is 0 Å². The topological polar surface area (TPSA) is 23.9 Å². The number of nitrogens with one attached hydrogen (secondary N) is 1. The summed E-state index contributed by atoms with van der Waals surface area (Å²) in [6.07, 6.45) is 6.64. The van der Waals surface area contributed by atoms with Crippen molar-refractivity contribution in [1.82, 2.24) is 0 Å². The Bertz CT molecular complexity index is 837. The highest BCUT2D eigenvalue weighted by Gasteiger charge is 2.18. The molecule has 1 atom stereocenters. The molecule has 0 aliphatic heterocycles. The molecule has 1 aliphatic carbocycles. The van der Waals surface area contributed by atoms with Gasteiger partial charge in [-0.1, -0.05) is 60.2 Å². The van der Waals surface area contributed by atoms with Crippen LogP contribution in [0.1, 0.15) is 46.2 Å². The first-order valence-electron chi connectivity index (χ1n) is 8.10. The average Bonchev–Trinajstić information content (AvgIpc) is 2.98. The summed E-state index contributed by atoms with van der Waals surface area (Å²) < 4.78 is 0. The van der Waals surface area contributed by atoms with Gasteiger partial charge in [0.25, 0.3) is 0 Å². The highest BCUT2D eigenvalue weighted by Crippen LogP contribution is 2.31. The minimum Gasteiger partial charge on any atom is -0.300 e. The molecule has 116 valence electrons. The maximum Gasteiger partial charge on any atom is 0.0690 e. The van der Waals surface area contributed by atoms with Gasteiger partial charge < -0.3 is 0 Å². The SMILES string of the molecule is CC1=CC(c2ccccc2C(=N)c2ccc(C)c(C)c2C)C=C1. The molecule has 3 rings (SSSR count). The normalized spacial score (nSPS) is 16.5. The third kappa shape index (κ3) is 2.79. The number of benzene rings is 2. The van der Waals surface area contributed by atoms with Gasteiger partial charge in [0.2, 0.25) is 0 Å². The second kappa shape index (κ2) is 6.00. The van der Waals surface area contributed by atoms with Crippen molar-refractivity contribution in [3.05, 3.63) is 93.6 Å². The Hall–Kier alpha value is -2.41. The zero-order valence-electron chi connectivity index (χ0n) is 14.3. The predicted molar refractivity (Wildman–Crippen MR) is 98.7 cm³/mol. The van der Waals surface area contributed by atoms with Crippen LogP contribution in [0.2, 0.25) is 0 Å². The van der Waals surface area contributed by atoms with E-state index in [1.165, 1.54) is 27.8 Å². The molecule has 0 spiro atoms. The second-order valence-corrected chi connectivity index (χ2v) is 6.44. The summed E-state index contributed by atoms with van der Waals surface area (Å²) >= 11 is 0. The van der Waals surface area contributed by atoms with Crippen molar-refractivity contribution in [2.24, 2.45) is 0 Å². The molecule has 0 aromatic heterocycles. The van der Waals surface area contributed by atoms with Gasteiger partial charge in [-0.25, -0.2) is 0 Å². The van der Waals surface area contributed by atoms with Gasteiger partial charge in [-0.3, -0.25) is 5.41 Å². The van der Waals surface area contributed by atoms with Crippen molar-refractivity contribution < 1.29 is 0 Å². The van der Waals surface area contributed by atoms with Crippen molar-refractivity contribution >= 4 is 5.71 Å². The minimum absolute atomic E-state index is 0.276. The van der Waals surface area contributed by atoms with Crippen LogP contribution < -0.4 is 0 Å². The molecule has 2 aromatic rings. The van der Waals surface area contributed by atoms with E-state index < -0.39 is 0 Å². The number of hydrogen-bond donors (Lipinski definition) is 1. The Labute approximate surface area is 138 Å². The van der Waals surface area contributed by atoms with Gasteiger partial charge in [-0.2, -0.15) is 0 Å². The zero-order chi connectivity index (χ0) is 16.6. The van der Waals surface area contributed by atoms with Crippen molar-refractivity contribution in [3.8, 4) is 0 Å². The van der Waals surface area contributed by atoms with Gasteiger partial charge >= 0.3 is 0 Å². The molecule has 2 aromatic carbocycles. The molecule has 1 unspecified atom stereocenters. The number of allylic oxidation sites excluding steroid dienone is 4. The monoisotopic (exact) mass is 301 g/mol. The lowest BCUT2D eigenvalue weighted by molar-refractivity contribution is 1.09. The maximum atomic E-state index is 8.79. The molecule has 0 fully saturated rings. The van der Waals surface area contributed by atoms with Crippen LogP contribution in [0, 0.1) is 26.2 Å². The van der Waals surface area contributed by atoms with Gasteiger partial charge in [0.15, 0.2) is 0 Å². The van der Waals surface area contributed by atoms with E-state index in [1.807, 2.05) is 6.07 Å². The largest absolute Gasteiger partial charge is 0.300 e. The van der Waals surface area contributed by atoms with E-state index in [0.29, 0.717) is 5.71 Å². The number of rotatable bonds is 3. The van der Waals surface area contributed by atoms with Gasteiger partial charge in [0.1, 0.15) is 0 Å². The van der Waals surface area contributed by atoms with E-state index in [2.05, 4.69) is 76.3 Å². The highest BCUT2D eigenvalue weighted by atomic mass is 14.4. The highest BCUT2D eigenvalue weighted by molar-refractivity contribution is 6.13. The number of aryl methyl sites for hydroxylation is 1. The smallest absolute Gasteiger partial charge is 0.0690 e. The van der Waals surface area contributed by atoms with Crippen molar-refractivity contribution in [2.75, 3.05) is 0 Å². The Balaban J connectivity index is 2.08. The summed E-state index contributed by atoms with van der Waals surface area (Å²) in [5.41, 5.74) is 8.95. The molecule has 1 N–H and O–H groups in total. The lowest BCUT2D eigenvalue weighted by Crippen LogP contribution is -2.09. The fourth-order valence-corrected chi connectivity index (χ4v) is 3.23. The van der Waals surface area contributed by atoms with Crippen molar-refractivity contribution in [1.29, 1.82) is 5.41 Å². The van der Waals surface area contributed by atoms with Gasteiger partial charge in [0.05, 0.1) is 5.71 Å². The van der Waals surface area contributed by atoms with Crippen LogP contribution in [0.4, 0.5) is 0 Å². The Kier molecular flexibility index (Phi) is 4.04. The van der Waals surface area contributed by atoms with E-state index in [0.717, 1.165) is 11.1 Å². The fraction of sp³-hybridized carbons (Fsp3) is 0.227. The van der Waals surface area contributed by atoms with E-state index in [4.69, 9.17) is 5.41 Å². The van der Waals surface area contributed by atoms with Crippen LogP contribution in [0.5, 0.6) is 0 Å². The Morgan fingerprint density at radius 1 is 0.870 bits per heavy atom. The summed E-state index contributed by atoms with van der Waals surface area (Å²) in [4.78, 5) is 0. The summed E-state index contributed by atoms with van der Waals surface area (Å²) in [6.45, 7) is 8.51. The Morgan fingerprint density at radius 3 is 2.30 bits per heavy atom. The van der Waals surface area contributed by atoms with Crippen LogP contribution in [-0.4, -0.2) is 5.71 Å². The molecule has 0 bridgehead atoms. The molecular formula is C22H23N. The number of hydrogen-bond acceptors (Lipinski definition) is 1. The van der Waals surface area contributed by atoms with Gasteiger partial charge in [-0.15, -0.1) is 0 Å². The van der Waals surface area contributed by atoms with Crippen LogP contribution in [0.3, 0.4) is 0 Å². The van der Waals surface area contributed by atoms with Crippen molar-refractivity contribution in [2.45, 2.75) is 33.6 Å². The molecular weight excluding hydrogens is 278 g/mol. The molecule has 1 nitrogen and oxygen atoms in total. The molecule has 0 amide bonds. The van der Waals surface area contributed by atoms with Crippen LogP contribution in [-0.2, 0) is 0 Å². The lowest BCUT2D eigenvalue weighted by atomic mass is 9.87. The van der Waals surface area contributed by atoms with Gasteiger partial charge in [-0.05, 0) is 49.9 Å². The van der Waals surface area contributed by atoms with E-state index in [9.17, 15) is 0 Å². The first kappa shape index (κ1) is 15.5. The third-order valence-electron chi connectivity index (χ3n) is 4.93. The fourth-order valence-electron chi connectivity index (χ4n) is 3.23. The van der Waals surface area contributed by atoms with Crippen LogP contribution in [0.25, 0.3) is 0 Å². The average molecular weight is 301 g/mol. The molecule has 0 saturated carbocycles. The maximum absolute atomic E-state index is 8.79. The second-order valence-electron chi connectivity index (χ2n) is 6.44. The van der Waals surface area contributed by atoms with E-state index in [-0.39, 0.29) is 5.92 Å². The third-order valence-corrected chi connectivity index (χ3v) is 4.93. The molecule has 23 heavy (non-hydrogen) atoms. The lowest BCUT2D eigenvalue weighted by Gasteiger charge is -2.17. The summed E-state index contributed by atoms with van der Waals surface area (Å²) in [7, 11) is 0. The first-order valence-corrected chi connectivity index (χ1v) is 8.10. The minimum atomic E-state index is 0.276. The van der Waals surface area contributed by atoms with Crippen LogP contribution >= 0.6 is 0 Å². The Morgan fingerprint density at radius 2 is 1.61 bits per heavy atom. The summed E-state index contributed by atoms with van der Waals surface area (Å²) in [5.74, 6) is 0.276. The molecule has 0 heterocycles. The molecule has 0 saturated heterocycles. The van der Waals surface area contributed by atoms with Gasteiger partial charge in [0, 0.05) is 17.0 Å². The summed E-state index contributed by atoms with van der Waals surface area (Å²) in [5, 5.41) is 8.79. The molecule has 0 radical (unpaired) electrons. The van der Waals surface area contributed by atoms with Crippen LogP contribution in [0.15, 0.2) is 60.2 Å². The van der Waals surface area contributed by atoms with E-state index >= 15 is 0 Å². The summed E-state index contributed by atoms with van der Waals surface area (Å²) in [6, 6.07) is 12.5. The zero-order valence-corrected chi connectivity index (χ0v) is 14.3. The first-order chi connectivity index (χ1) is 11.0. The van der Waals surface area contributed by atoms with Crippen molar-refractivity contribution in [3.63, 3.8) is 0 Å².